The van der Waals surface area contributed by atoms with Gasteiger partial charge in [-0.1, -0.05) is 13.8 Å². The SMILES string of the molecule is CCc1nnc(NCc2nc(N(C)C)no2)c(C#N)c1CC. The molecule has 116 valence electrons. The van der Waals surface area contributed by atoms with Crippen LogP contribution >= 0.6 is 0 Å². The molecular weight excluding hydrogens is 282 g/mol. The van der Waals surface area contributed by atoms with Gasteiger partial charge in [-0.3, -0.25) is 0 Å². The van der Waals surface area contributed by atoms with E-state index in [2.05, 4.69) is 31.7 Å². The molecule has 8 heteroatoms. The summed E-state index contributed by atoms with van der Waals surface area (Å²) >= 11 is 0. The van der Waals surface area contributed by atoms with Crippen LogP contribution in [0.1, 0.15) is 36.6 Å². The smallest absolute Gasteiger partial charge is 0.265 e. The van der Waals surface area contributed by atoms with E-state index in [-0.39, 0.29) is 0 Å². The van der Waals surface area contributed by atoms with E-state index in [4.69, 9.17) is 4.52 Å². The minimum absolute atomic E-state index is 0.291. The molecule has 0 spiro atoms. The van der Waals surface area contributed by atoms with Crippen molar-refractivity contribution in [2.45, 2.75) is 33.2 Å². The summed E-state index contributed by atoms with van der Waals surface area (Å²) in [5.41, 5.74) is 2.32. The van der Waals surface area contributed by atoms with E-state index in [1.807, 2.05) is 27.9 Å². The third-order valence-electron chi connectivity index (χ3n) is 3.22. The van der Waals surface area contributed by atoms with Crippen molar-refractivity contribution in [3.63, 3.8) is 0 Å². The standard InChI is InChI=1S/C14H19N7O/c1-5-9-10(7-15)13(19-18-11(9)6-2)16-8-12-17-14(20-22-12)21(3)4/h5-6,8H2,1-4H3,(H,16,19). The monoisotopic (exact) mass is 301 g/mol. The van der Waals surface area contributed by atoms with Crippen LogP contribution in [-0.4, -0.2) is 34.4 Å². The fourth-order valence-electron chi connectivity index (χ4n) is 2.08. The summed E-state index contributed by atoms with van der Waals surface area (Å²) < 4.78 is 5.13. The Morgan fingerprint density at radius 1 is 1.23 bits per heavy atom. The Bertz CT molecular complexity index is 687. The van der Waals surface area contributed by atoms with Gasteiger partial charge in [-0.05, 0) is 23.6 Å². The van der Waals surface area contributed by atoms with Crippen LogP contribution in [0.25, 0.3) is 0 Å². The first-order chi connectivity index (χ1) is 10.6. The molecule has 2 heterocycles. The van der Waals surface area contributed by atoms with Crippen molar-refractivity contribution in [2.24, 2.45) is 0 Å². The average molecular weight is 301 g/mol. The molecule has 8 nitrogen and oxygen atoms in total. The normalized spacial score (nSPS) is 10.3. The number of hydrogen-bond acceptors (Lipinski definition) is 8. The molecule has 0 radical (unpaired) electrons. The summed E-state index contributed by atoms with van der Waals surface area (Å²) in [4.78, 5) is 5.96. The summed E-state index contributed by atoms with van der Waals surface area (Å²) in [6.45, 7) is 4.29. The number of aryl methyl sites for hydroxylation is 1. The predicted octanol–water partition coefficient (Wildman–Crippen LogP) is 1.53. The molecule has 2 rings (SSSR count). The quantitative estimate of drug-likeness (QED) is 0.856. The van der Waals surface area contributed by atoms with Crippen LogP contribution in [0.2, 0.25) is 0 Å². The molecule has 0 atom stereocenters. The van der Waals surface area contributed by atoms with E-state index < -0.39 is 0 Å². The number of hydrogen-bond donors (Lipinski definition) is 1. The molecule has 0 aliphatic heterocycles. The van der Waals surface area contributed by atoms with Crippen LogP contribution in [0.4, 0.5) is 11.8 Å². The molecule has 0 saturated carbocycles. The van der Waals surface area contributed by atoms with Crippen LogP contribution < -0.4 is 10.2 Å². The Hall–Kier alpha value is -2.69. The minimum atomic E-state index is 0.291. The second kappa shape index (κ2) is 6.85. The van der Waals surface area contributed by atoms with Gasteiger partial charge in [0.15, 0.2) is 5.82 Å². The Balaban J connectivity index is 2.20. The van der Waals surface area contributed by atoms with Gasteiger partial charge in [0, 0.05) is 14.1 Å². The maximum atomic E-state index is 9.41. The fourth-order valence-corrected chi connectivity index (χ4v) is 2.08. The van der Waals surface area contributed by atoms with E-state index in [1.54, 1.807) is 4.90 Å². The average Bonchev–Trinajstić information content (AvgIpc) is 3.00. The zero-order valence-corrected chi connectivity index (χ0v) is 13.2. The molecule has 0 unspecified atom stereocenters. The molecule has 0 aliphatic rings. The molecule has 2 aromatic rings. The Labute approximate surface area is 129 Å². The van der Waals surface area contributed by atoms with Gasteiger partial charge in [0.2, 0.25) is 5.89 Å². The number of rotatable bonds is 6. The van der Waals surface area contributed by atoms with Crippen molar-refractivity contribution in [1.82, 2.24) is 20.3 Å². The van der Waals surface area contributed by atoms with Crippen LogP contribution in [-0.2, 0) is 19.4 Å². The highest BCUT2D eigenvalue weighted by atomic mass is 16.5. The van der Waals surface area contributed by atoms with Crippen molar-refractivity contribution in [3.8, 4) is 6.07 Å². The lowest BCUT2D eigenvalue weighted by molar-refractivity contribution is 0.383. The van der Waals surface area contributed by atoms with E-state index in [9.17, 15) is 5.26 Å². The van der Waals surface area contributed by atoms with Crippen LogP contribution in [0.15, 0.2) is 4.52 Å². The van der Waals surface area contributed by atoms with Crippen LogP contribution in [0.3, 0.4) is 0 Å². The van der Waals surface area contributed by atoms with Crippen molar-refractivity contribution in [2.75, 3.05) is 24.3 Å². The van der Waals surface area contributed by atoms with Gasteiger partial charge >= 0.3 is 0 Å². The third kappa shape index (κ3) is 3.14. The summed E-state index contributed by atoms with van der Waals surface area (Å²) in [5.74, 6) is 1.37. The topological polar surface area (TPSA) is 104 Å². The lowest BCUT2D eigenvalue weighted by Gasteiger charge is -2.10. The highest BCUT2D eigenvalue weighted by Crippen LogP contribution is 2.20. The van der Waals surface area contributed by atoms with E-state index in [0.717, 1.165) is 24.1 Å². The van der Waals surface area contributed by atoms with Gasteiger partial charge in [-0.2, -0.15) is 15.3 Å². The first-order valence-corrected chi connectivity index (χ1v) is 7.12. The highest BCUT2D eigenvalue weighted by molar-refractivity contribution is 5.56. The van der Waals surface area contributed by atoms with Crippen molar-refractivity contribution in [1.29, 1.82) is 5.26 Å². The molecule has 0 aromatic carbocycles. The zero-order chi connectivity index (χ0) is 16.1. The van der Waals surface area contributed by atoms with Gasteiger partial charge in [-0.25, -0.2) is 0 Å². The highest BCUT2D eigenvalue weighted by Gasteiger charge is 2.15. The Kier molecular flexibility index (Phi) is 4.88. The Morgan fingerprint density at radius 2 is 2.00 bits per heavy atom. The molecule has 0 aliphatic carbocycles. The second-order valence-corrected chi connectivity index (χ2v) is 4.90. The lowest BCUT2D eigenvalue weighted by Crippen LogP contribution is -2.11. The summed E-state index contributed by atoms with van der Waals surface area (Å²) in [6, 6.07) is 2.21. The maximum absolute atomic E-state index is 9.41. The van der Waals surface area contributed by atoms with Crippen molar-refractivity contribution < 1.29 is 4.52 Å². The lowest BCUT2D eigenvalue weighted by atomic mass is 10.0. The number of anilines is 2. The van der Waals surface area contributed by atoms with E-state index in [1.165, 1.54) is 0 Å². The Morgan fingerprint density at radius 3 is 2.55 bits per heavy atom. The third-order valence-corrected chi connectivity index (χ3v) is 3.22. The summed E-state index contributed by atoms with van der Waals surface area (Å²) in [6.07, 6.45) is 1.49. The van der Waals surface area contributed by atoms with Gasteiger partial charge in [0.05, 0.1) is 12.2 Å². The summed E-state index contributed by atoms with van der Waals surface area (Å²) in [7, 11) is 3.66. The zero-order valence-electron chi connectivity index (χ0n) is 13.2. The van der Waals surface area contributed by atoms with Crippen molar-refractivity contribution >= 4 is 11.8 Å². The molecule has 2 aromatic heterocycles. The molecular formula is C14H19N7O. The summed E-state index contributed by atoms with van der Waals surface area (Å²) in [5, 5.41) is 24.6. The van der Waals surface area contributed by atoms with Crippen LogP contribution in [0.5, 0.6) is 0 Å². The number of nitriles is 1. The number of aromatic nitrogens is 4. The number of nitrogens with one attached hydrogen (secondary N) is 1. The second-order valence-electron chi connectivity index (χ2n) is 4.90. The molecule has 0 fully saturated rings. The molecule has 0 bridgehead atoms. The largest absolute Gasteiger partial charge is 0.358 e. The fraction of sp³-hybridized carbons (Fsp3) is 0.500. The van der Waals surface area contributed by atoms with Gasteiger partial charge in [0.1, 0.15) is 11.6 Å². The van der Waals surface area contributed by atoms with Crippen LogP contribution in [0, 0.1) is 11.3 Å². The van der Waals surface area contributed by atoms with E-state index >= 15 is 0 Å². The predicted molar refractivity (Wildman–Crippen MR) is 81.5 cm³/mol. The maximum Gasteiger partial charge on any atom is 0.265 e. The van der Waals surface area contributed by atoms with Gasteiger partial charge in [0.25, 0.3) is 5.95 Å². The van der Waals surface area contributed by atoms with Gasteiger partial charge < -0.3 is 14.7 Å². The first kappa shape index (κ1) is 15.7. The molecule has 0 amide bonds. The van der Waals surface area contributed by atoms with E-state index in [0.29, 0.717) is 29.8 Å². The van der Waals surface area contributed by atoms with Crippen molar-refractivity contribution in [3.05, 3.63) is 22.7 Å². The minimum Gasteiger partial charge on any atom is -0.358 e. The molecule has 22 heavy (non-hydrogen) atoms. The number of nitrogens with zero attached hydrogens (tertiary/aromatic N) is 6. The molecule has 0 saturated heterocycles. The van der Waals surface area contributed by atoms with Gasteiger partial charge in [-0.15, -0.1) is 5.10 Å². The first-order valence-electron chi connectivity index (χ1n) is 7.12. The molecule has 1 N–H and O–H groups in total.